The summed E-state index contributed by atoms with van der Waals surface area (Å²) >= 11 is 0. The number of hydrogen-bond donors (Lipinski definition) is 1. The van der Waals surface area contributed by atoms with E-state index in [9.17, 15) is 9.59 Å². The number of aromatic nitrogens is 1. The second-order valence-corrected chi connectivity index (χ2v) is 8.25. The molecule has 2 aliphatic heterocycles. The first-order valence-electron chi connectivity index (χ1n) is 10.4. The molecule has 4 rings (SSSR count). The van der Waals surface area contributed by atoms with Crippen LogP contribution in [-0.4, -0.2) is 54.5 Å². The van der Waals surface area contributed by atoms with Crippen molar-refractivity contribution in [1.29, 1.82) is 0 Å². The molecule has 3 fully saturated rings. The lowest BCUT2D eigenvalue weighted by Gasteiger charge is -2.25. The molecule has 6 nitrogen and oxygen atoms in total. The van der Waals surface area contributed by atoms with E-state index in [4.69, 9.17) is 4.74 Å². The van der Waals surface area contributed by atoms with Gasteiger partial charge in [0.1, 0.15) is 0 Å². The summed E-state index contributed by atoms with van der Waals surface area (Å²) < 4.78 is 5.38. The maximum Gasteiger partial charge on any atom is 0.244 e. The smallest absolute Gasteiger partial charge is 0.244 e. The first-order valence-corrected chi connectivity index (χ1v) is 10.4. The average molecular weight is 383 g/mol. The number of nitrogens with one attached hydrogen (secondary N) is 1. The Balaban J connectivity index is 1.11. The van der Waals surface area contributed by atoms with Crippen molar-refractivity contribution < 1.29 is 14.3 Å². The molecule has 2 saturated heterocycles. The van der Waals surface area contributed by atoms with E-state index in [-0.39, 0.29) is 5.91 Å². The Labute approximate surface area is 166 Å². The Morgan fingerprint density at radius 3 is 2.75 bits per heavy atom. The summed E-state index contributed by atoms with van der Waals surface area (Å²) in [5.41, 5.74) is 0.917. The molecule has 1 saturated carbocycles. The molecule has 3 heterocycles. The van der Waals surface area contributed by atoms with Gasteiger partial charge < -0.3 is 15.0 Å². The maximum absolute atomic E-state index is 12.5. The van der Waals surface area contributed by atoms with Crippen molar-refractivity contribution in [3.63, 3.8) is 0 Å². The quantitative estimate of drug-likeness (QED) is 0.732. The van der Waals surface area contributed by atoms with E-state index in [1.54, 1.807) is 24.5 Å². The van der Waals surface area contributed by atoms with Gasteiger partial charge in [0.2, 0.25) is 11.8 Å². The summed E-state index contributed by atoms with van der Waals surface area (Å²) in [5, 5.41) is 2.96. The lowest BCUT2D eigenvalue weighted by molar-refractivity contribution is -0.132. The first kappa shape index (κ1) is 19.1. The molecule has 28 heavy (non-hydrogen) atoms. The number of likely N-dealkylation sites (tertiary alicyclic amines) is 1. The molecular formula is C22H29N3O3. The van der Waals surface area contributed by atoms with Crippen molar-refractivity contribution in [1.82, 2.24) is 15.2 Å². The van der Waals surface area contributed by atoms with Gasteiger partial charge in [0.25, 0.3) is 0 Å². The fraction of sp³-hybridized carbons (Fsp3) is 0.591. The molecule has 1 aromatic rings. The van der Waals surface area contributed by atoms with Gasteiger partial charge in [-0.05, 0) is 60.6 Å². The zero-order valence-corrected chi connectivity index (χ0v) is 16.3. The number of ether oxygens (including phenoxy) is 1. The van der Waals surface area contributed by atoms with Gasteiger partial charge in [0.05, 0.1) is 0 Å². The van der Waals surface area contributed by atoms with E-state index in [0.29, 0.717) is 42.5 Å². The van der Waals surface area contributed by atoms with E-state index in [1.165, 1.54) is 0 Å². The van der Waals surface area contributed by atoms with Gasteiger partial charge in [-0.3, -0.25) is 14.6 Å². The molecule has 2 amide bonds. The molecule has 0 radical (unpaired) electrons. The Morgan fingerprint density at radius 2 is 2.04 bits per heavy atom. The van der Waals surface area contributed by atoms with Crippen LogP contribution >= 0.6 is 0 Å². The van der Waals surface area contributed by atoms with Gasteiger partial charge >= 0.3 is 0 Å². The molecule has 0 bridgehead atoms. The number of rotatable bonds is 7. The Hall–Kier alpha value is -2.21. The lowest BCUT2D eigenvalue weighted by atomic mass is 9.96. The molecule has 1 aromatic heterocycles. The van der Waals surface area contributed by atoms with Gasteiger partial charge in [-0.1, -0.05) is 6.07 Å². The molecule has 0 spiro atoms. The monoisotopic (exact) mass is 383 g/mol. The number of hydrogen-bond acceptors (Lipinski definition) is 4. The van der Waals surface area contributed by atoms with Crippen LogP contribution in [0, 0.1) is 23.7 Å². The standard InChI is InChI=1S/C22H29N3O3/c26-21(4-3-17-2-1-8-23-13-17)24-9-5-18-19-14-25(15-20(18)19)22(27)12-16-6-10-28-11-7-16/h1-4,8,13,16,18-20H,5-7,9-12,14-15H2,(H,24,26)/b4-3+/t18?,19-,20+. The number of piperidine rings is 1. The molecular weight excluding hydrogens is 354 g/mol. The summed E-state index contributed by atoms with van der Waals surface area (Å²) in [7, 11) is 0. The Bertz CT molecular complexity index is 703. The number of fused-ring (bicyclic) bond motifs is 1. The zero-order chi connectivity index (χ0) is 19.3. The number of nitrogens with zero attached hydrogens (tertiary/aromatic N) is 2. The van der Waals surface area contributed by atoms with E-state index < -0.39 is 0 Å². The highest BCUT2D eigenvalue weighted by atomic mass is 16.5. The first-order chi connectivity index (χ1) is 13.7. The highest BCUT2D eigenvalue weighted by Crippen LogP contribution is 2.53. The summed E-state index contributed by atoms with van der Waals surface area (Å²) in [6, 6.07) is 3.76. The van der Waals surface area contributed by atoms with Crippen molar-refractivity contribution in [3.05, 3.63) is 36.2 Å². The molecule has 1 unspecified atom stereocenters. The van der Waals surface area contributed by atoms with Crippen LogP contribution in [0.3, 0.4) is 0 Å². The molecule has 150 valence electrons. The second-order valence-electron chi connectivity index (χ2n) is 8.25. The van der Waals surface area contributed by atoms with Crippen LogP contribution in [0.4, 0.5) is 0 Å². The Morgan fingerprint density at radius 1 is 1.25 bits per heavy atom. The molecule has 1 aliphatic carbocycles. The van der Waals surface area contributed by atoms with Crippen LogP contribution in [0.2, 0.25) is 0 Å². The van der Waals surface area contributed by atoms with Crippen LogP contribution in [0.15, 0.2) is 30.6 Å². The van der Waals surface area contributed by atoms with Crippen molar-refractivity contribution in [2.75, 3.05) is 32.8 Å². The van der Waals surface area contributed by atoms with Crippen LogP contribution in [0.1, 0.15) is 31.2 Å². The third-order valence-corrected chi connectivity index (χ3v) is 6.42. The maximum atomic E-state index is 12.5. The summed E-state index contributed by atoms with van der Waals surface area (Å²) in [6.45, 7) is 4.12. The third kappa shape index (κ3) is 4.79. The minimum absolute atomic E-state index is 0.0667. The fourth-order valence-electron chi connectivity index (χ4n) is 4.68. The van der Waals surface area contributed by atoms with E-state index >= 15 is 0 Å². The normalized spacial score (nSPS) is 27.0. The second kappa shape index (κ2) is 8.86. The van der Waals surface area contributed by atoms with Gasteiger partial charge in [-0.2, -0.15) is 0 Å². The van der Waals surface area contributed by atoms with Gasteiger partial charge in [0, 0.05) is 57.7 Å². The average Bonchev–Trinajstić information content (AvgIpc) is 3.16. The van der Waals surface area contributed by atoms with Crippen LogP contribution < -0.4 is 5.32 Å². The van der Waals surface area contributed by atoms with Crippen LogP contribution in [0.5, 0.6) is 0 Å². The molecule has 0 aromatic carbocycles. The highest BCUT2D eigenvalue weighted by Gasteiger charge is 2.55. The largest absolute Gasteiger partial charge is 0.381 e. The zero-order valence-electron chi connectivity index (χ0n) is 16.3. The van der Waals surface area contributed by atoms with Crippen molar-refractivity contribution in [2.24, 2.45) is 23.7 Å². The SMILES string of the molecule is O=C(/C=C/c1cccnc1)NCCC1[C@H]2CN(C(=O)CC3CCOCC3)C[C@@H]12. The lowest BCUT2D eigenvalue weighted by Crippen LogP contribution is -2.34. The topological polar surface area (TPSA) is 71.5 Å². The highest BCUT2D eigenvalue weighted by molar-refractivity contribution is 5.91. The predicted molar refractivity (Wildman–Crippen MR) is 106 cm³/mol. The molecule has 3 aliphatic rings. The van der Waals surface area contributed by atoms with Crippen LogP contribution in [0.25, 0.3) is 6.08 Å². The summed E-state index contributed by atoms with van der Waals surface area (Å²) in [5.74, 6) is 2.70. The van der Waals surface area contributed by atoms with E-state index in [2.05, 4.69) is 15.2 Å². The number of carbonyl (C=O) groups excluding carboxylic acids is 2. The molecule has 3 atom stereocenters. The number of amides is 2. The molecule has 6 heteroatoms. The predicted octanol–water partition coefficient (Wildman–Crippen LogP) is 2.12. The van der Waals surface area contributed by atoms with Gasteiger partial charge in [0.15, 0.2) is 0 Å². The third-order valence-electron chi connectivity index (χ3n) is 6.42. The minimum atomic E-state index is -0.0667. The number of carbonyl (C=O) groups is 2. The summed E-state index contributed by atoms with van der Waals surface area (Å²) in [4.78, 5) is 30.5. The summed E-state index contributed by atoms with van der Waals surface area (Å²) in [6.07, 6.45) is 10.5. The fourth-order valence-corrected chi connectivity index (χ4v) is 4.68. The van der Waals surface area contributed by atoms with Crippen molar-refractivity contribution in [3.8, 4) is 0 Å². The molecule has 1 N–H and O–H groups in total. The van der Waals surface area contributed by atoms with Gasteiger partial charge in [-0.25, -0.2) is 0 Å². The van der Waals surface area contributed by atoms with Crippen molar-refractivity contribution >= 4 is 17.9 Å². The Kier molecular flexibility index (Phi) is 6.05. The van der Waals surface area contributed by atoms with Gasteiger partial charge in [-0.15, -0.1) is 0 Å². The minimum Gasteiger partial charge on any atom is -0.381 e. The van der Waals surface area contributed by atoms with Crippen LogP contribution in [-0.2, 0) is 14.3 Å². The van der Waals surface area contributed by atoms with Crippen molar-refractivity contribution in [2.45, 2.75) is 25.7 Å². The number of pyridine rings is 1. The van der Waals surface area contributed by atoms with E-state index in [0.717, 1.165) is 51.1 Å². The van der Waals surface area contributed by atoms with E-state index in [1.807, 2.05) is 12.1 Å².